The van der Waals surface area contributed by atoms with Crippen molar-refractivity contribution in [2.45, 2.75) is 12.5 Å². The van der Waals surface area contributed by atoms with Gasteiger partial charge in [0.2, 0.25) is 5.91 Å². The first-order valence-electron chi connectivity index (χ1n) is 8.38. The molecule has 1 unspecified atom stereocenters. The molecule has 1 heterocycles. The molecule has 2 aromatic carbocycles. The van der Waals surface area contributed by atoms with Gasteiger partial charge in [0.05, 0.1) is 23.7 Å². The third-order valence-corrected chi connectivity index (χ3v) is 4.41. The van der Waals surface area contributed by atoms with E-state index in [1.807, 2.05) is 0 Å². The molecule has 0 aliphatic carbocycles. The van der Waals surface area contributed by atoms with E-state index in [0.29, 0.717) is 22.2 Å². The Morgan fingerprint density at radius 3 is 2.52 bits per heavy atom. The van der Waals surface area contributed by atoms with Crippen molar-refractivity contribution >= 4 is 40.5 Å². The number of halogens is 2. The molecule has 0 aliphatic rings. The molecule has 0 saturated heterocycles. The normalized spacial score (nSPS) is 11.5. The molecular formula is C19H15Cl2N3O5. The number of furan rings is 1. The molecule has 0 saturated carbocycles. The second kappa shape index (κ2) is 9.31. The molecule has 0 radical (unpaired) electrons. The van der Waals surface area contributed by atoms with Gasteiger partial charge in [0.25, 0.3) is 5.09 Å². The first kappa shape index (κ1) is 20.5. The minimum atomic E-state index is -0.950. The van der Waals surface area contributed by atoms with Crippen LogP contribution in [0.2, 0.25) is 10.0 Å². The molecule has 10 heteroatoms. The highest BCUT2D eigenvalue weighted by Crippen LogP contribution is 2.31. The summed E-state index contributed by atoms with van der Waals surface area (Å²) in [4.78, 5) is 27.6. The molecule has 3 aromatic rings. The highest BCUT2D eigenvalue weighted by Gasteiger charge is 2.20. The lowest BCUT2D eigenvalue weighted by molar-refractivity contribution is -0.711. The maximum atomic E-state index is 12.5. The van der Waals surface area contributed by atoms with Crippen molar-refractivity contribution < 1.29 is 19.1 Å². The van der Waals surface area contributed by atoms with Gasteiger partial charge in [-0.15, -0.1) is 10.1 Å². The van der Waals surface area contributed by atoms with Gasteiger partial charge in [-0.2, -0.15) is 0 Å². The molecular weight excluding hydrogens is 421 g/mol. The van der Waals surface area contributed by atoms with Crippen LogP contribution < -0.4 is 15.5 Å². The molecule has 0 fully saturated rings. The fourth-order valence-electron chi connectivity index (χ4n) is 2.59. The number of nitrogens with zero attached hydrogens (tertiary/aromatic N) is 1. The molecule has 29 heavy (non-hydrogen) atoms. The van der Waals surface area contributed by atoms with Crippen LogP contribution in [0.4, 0.5) is 11.4 Å². The van der Waals surface area contributed by atoms with E-state index in [1.165, 1.54) is 18.4 Å². The number of anilines is 2. The van der Waals surface area contributed by atoms with Crippen LogP contribution in [0.25, 0.3) is 0 Å². The number of rotatable bonds is 8. The minimum Gasteiger partial charge on any atom is -0.467 e. The topological polar surface area (TPSA) is 107 Å². The van der Waals surface area contributed by atoms with Gasteiger partial charge in [-0.25, -0.2) is 0 Å². The van der Waals surface area contributed by atoms with Gasteiger partial charge >= 0.3 is 0 Å². The summed E-state index contributed by atoms with van der Waals surface area (Å²) in [6, 6.07) is 14.0. The SMILES string of the molecule is O=C(CC(Nc1ccc(Cl)c(O[N+](=O)[O-])c1)c1ccco1)Nc1ccc(Cl)cc1. The zero-order valence-corrected chi connectivity index (χ0v) is 16.3. The van der Waals surface area contributed by atoms with Crippen LogP contribution in [0.1, 0.15) is 18.2 Å². The quantitative estimate of drug-likeness (QED) is 0.365. The summed E-state index contributed by atoms with van der Waals surface area (Å²) in [5.41, 5.74) is 1.07. The number of benzene rings is 2. The molecule has 2 N–H and O–H groups in total. The predicted molar refractivity (Wildman–Crippen MR) is 109 cm³/mol. The molecule has 0 aliphatic heterocycles. The Balaban J connectivity index is 1.75. The highest BCUT2D eigenvalue weighted by molar-refractivity contribution is 6.32. The smallest absolute Gasteiger partial charge is 0.299 e. The van der Waals surface area contributed by atoms with Crippen molar-refractivity contribution in [2.75, 3.05) is 10.6 Å². The molecule has 1 aromatic heterocycles. The van der Waals surface area contributed by atoms with Crippen LogP contribution in [0.15, 0.2) is 65.3 Å². The fraction of sp³-hybridized carbons (Fsp3) is 0.105. The van der Waals surface area contributed by atoms with E-state index in [1.54, 1.807) is 42.5 Å². The lowest BCUT2D eigenvalue weighted by Gasteiger charge is -2.18. The number of carbonyl (C=O) groups is 1. The Morgan fingerprint density at radius 2 is 1.86 bits per heavy atom. The van der Waals surface area contributed by atoms with Gasteiger partial charge in [-0.05, 0) is 54.6 Å². The van der Waals surface area contributed by atoms with E-state index in [0.717, 1.165) is 0 Å². The minimum absolute atomic E-state index is 0.0319. The molecule has 0 spiro atoms. The summed E-state index contributed by atoms with van der Waals surface area (Å²) < 4.78 is 5.43. The maximum absolute atomic E-state index is 12.5. The van der Waals surface area contributed by atoms with E-state index < -0.39 is 11.1 Å². The molecule has 150 valence electrons. The third kappa shape index (κ3) is 5.87. The summed E-state index contributed by atoms with van der Waals surface area (Å²) in [7, 11) is 0. The number of hydrogen-bond donors (Lipinski definition) is 2. The van der Waals surface area contributed by atoms with Crippen LogP contribution in [-0.2, 0) is 4.79 Å². The van der Waals surface area contributed by atoms with Crippen molar-refractivity contribution in [3.8, 4) is 5.75 Å². The van der Waals surface area contributed by atoms with Gasteiger partial charge < -0.3 is 15.1 Å². The lowest BCUT2D eigenvalue weighted by Crippen LogP contribution is -2.20. The standard InChI is InChI=1S/C19H15Cl2N3O5/c20-12-3-5-13(6-4-12)23-19(25)11-16(17-2-1-9-28-17)22-14-7-8-15(21)18(10-14)29-24(26)27/h1-10,16,22H,11H2,(H,23,25). The van der Waals surface area contributed by atoms with Crippen LogP contribution in [0.3, 0.4) is 0 Å². The predicted octanol–water partition coefficient (Wildman–Crippen LogP) is 5.34. The average Bonchev–Trinajstić information content (AvgIpc) is 3.20. The first-order chi connectivity index (χ1) is 13.9. The second-order valence-corrected chi connectivity index (χ2v) is 6.78. The van der Waals surface area contributed by atoms with E-state index >= 15 is 0 Å². The maximum Gasteiger partial charge on any atom is 0.299 e. The van der Waals surface area contributed by atoms with Crippen LogP contribution in [0.5, 0.6) is 5.75 Å². The Kier molecular flexibility index (Phi) is 6.58. The van der Waals surface area contributed by atoms with Crippen LogP contribution in [0, 0.1) is 10.1 Å². The van der Waals surface area contributed by atoms with Gasteiger partial charge in [-0.1, -0.05) is 23.2 Å². The summed E-state index contributed by atoms with van der Waals surface area (Å²) in [6.07, 6.45) is 1.52. The monoisotopic (exact) mass is 435 g/mol. The Hall–Kier alpha value is -3.23. The van der Waals surface area contributed by atoms with E-state index in [2.05, 4.69) is 15.5 Å². The summed E-state index contributed by atoms with van der Waals surface area (Å²) in [6.45, 7) is 0. The molecule has 0 bridgehead atoms. The van der Waals surface area contributed by atoms with Gasteiger partial charge in [0.1, 0.15) is 11.5 Å². The zero-order valence-electron chi connectivity index (χ0n) is 14.8. The number of carbonyl (C=O) groups excluding carboxylic acids is 1. The van der Waals surface area contributed by atoms with Crippen molar-refractivity contribution in [1.82, 2.24) is 0 Å². The van der Waals surface area contributed by atoms with Crippen molar-refractivity contribution in [3.63, 3.8) is 0 Å². The second-order valence-electron chi connectivity index (χ2n) is 5.93. The van der Waals surface area contributed by atoms with Crippen LogP contribution >= 0.6 is 23.2 Å². The van der Waals surface area contributed by atoms with Gasteiger partial charge in [0, 0.05) is 16.4 Å². The molecule has 1 amide bonds. The average molecular weight is 436 g/mol. The van der Waals surface area contributed by atoms with Gasteiger partial charge in [0.15, 0.2) is 0 Å². The fourth-order valence-corrected chi connectivity index (χ4v) is 2.87. The summed E-state index contributed by atoms with van der Waals surface area (Å²) in [5, 5.41) is 16.2. The first-order valence-corrected chi connectivity index (χ1v) is 9.13. The largest absolute Gasteiger partial charge is 0.467 e. The van der Waals surface area contributed by atoms with Gasteiger partial charge in [-0.3, -0.25) is 9.63 Å². The summed E-state index contributed by atoms with van der Waals surface area (Å²) >= 11 is 11.8. The van der Waals surface area contributed by atoms with Crippen molar-refractivity contribution in [1.29, 1.82) is 0 Å². The summed E-state index contributed by atoms with van der Waals surface area (Å²) in [5.74, 6) is 0.130. The highest BCUT2D eigenvalue weighted by atomic mass is 35.5. The lowest BCUT2D eigenvalue weighted by atomic mass is 10.1. The molecule has 3 rings (SSSR count). The number of hydrogen-bond acceptors (Lipinski definition) is 6. The van der Waals surface area contributed by atoms with Crippen molar-refractivity contribution in [3.05, 3.63) is 86.8 Å². The Labute approximate surface area is 175 Å². The zero-order chi connectivity index (χ0) is 20.8. The molecule has 8 nitrogen and oxygen atoms in total. The Bertz CT molecular complexity index is 994. The van der Waals surface area contributed by atoms with Crippen LogP contribution in [-0.4, -0.2) is 11.0 Å². The number of amides is 1. The molecule has 1 atom stereocenters. The van der Waals surface area contributed by atoms with E-state index in [9.17, 15) is 14.9 Å². The van der Waals surface area contributed by atoms with E-state index in [4.69, 9.17) is 27.6 Å². The number of nitrogens with one attached hydrogen (secondary N) is 2. The Morgan fingerprint density at radius 1 is 1.14 bits per heavy atom. The third-order valence-electron chi connectivity index (χ3n) is 3.85. The van der Waals surface area contributed by atoms with E-state index in [-0.39, 0.29) is 23.1 Å². The van der Waals surface area contributed by atoms with Crippen molar-refractivity contribution in [2.24, 2.45) is 0 Å².